The Hall–Kier alpha value is -3.47. The van der Waals surface area contributed by atoms with Crippen LogP contribution in [-0.2, 0) is 14.8 Å². The summed E-state index contributed by atoms with van der Waals surface area (Å²) in [4.78, 5) is 12.5. The first kappa shape index (κ1) is 22.2. The van der Waals surface area contributed by atoms with Gasteiger partial charge in [0, 0.05) is 7.05 Å². The Labute approximate surface area is 182 Å². The second-order valence-electron chi connectivity index (χ2n) is 7.17. The highest BCUT2D eigenvalue weighted by molar-refractivity contribution is 7.89. The van der Waals surface area contributed by atoms with Crippen LogP contribution in [-0.4, -0.2) is 32.2 Å². The van der Waals surface area contributed by atoms with E-state index in [-0.39, 0.29) is 17.5 Å². The Kier molecular flexibility index (Phi) is 6.85. The van der Waals surface area contributed by atoms with Crippen LogP contribution in [0.15, 0.2) is 83.8 Å². The maximum absolute atomic E-state index is 12.7. The average molecular weight is 434 g/mol. The van der Waals surface area contributed by atoms with Crippen LogP contribution in [0.5, 0.6) is 0 Å². The molecule has 0 aliphatic heterocycles. The number of carbonyl (C=O) groups excluding carboxylic acids is 1. The summed E-state index contributed by atoms with van der Waals surface area (Å²) < 4.78 is 26.3. The van der Waals surface area contributed by atoms with Crippen molar-refractivity contribution in [3.05, 3.63) is 90.0 Å². The Morgan fingerprint density at radius 1 is 0.968 bits per heavy atom. The molecule has 0 saturated heterocycles. The van der Waals surface area contributed by atoms with Gasteiger partial charge in [-0.3, -0.25) is 4.79 Å². The molecule has 1 amide bonds. The zero-order chi connectivity index (χ0) is 22.4. The third kappa shape index (κ3) is 5.37. The smallest absolute Gasteiger partial charge is 0.243 e. The van der Waals surface area contributed by atoms with Crippen molar-refractivity contribution >= 4 is 15.9 Å². The van der Waals surface area contributed by atoms with Crippen LogP contribution < -0.4 is 5.32 Å². The number of sulfonamides is 1. The molecule has 0 aliphatic carbocycles. The lowest BCUT2D eigenvalue weighted by Crippen LogP contribution is -2.39. The molecule has 1 unspecified atom stereocenters. The highest BCUT2D eigenvalue weighted by atomic mass is 32.2. The molecular weight excluding hydrogens is 410 g/mol. The molecule has 7 heteroatoms. The molecule has 0 saturated carbocycles. The van der Waals surface area contributed by atoms with Gasteiger partial charge in [0.05, 0.1) is 29.1 Å². The first-order valence-corrected chi connectivity index (χ1v) is 11.2. The predicted octanol–water partition coefficient (Wildman–Crippen LogP) is 3.72. The van der Waals surface area contributed by atoms with Gasteiger partial charge in [-0.05, 0) is 47.9 Å². The zero-order valence-electron chi connectivity index (χ0n) is 17.3. The molecule has 3 aromatic rings. The van der Waals surface area contributed by atoms with Crippen molar-refractivity contribution < 1.29 is 13.2 Å². The molecule has 0 bridgehead atoms. The summed E-state index contributed by atoms with van der Waals surface area (Å²) in [6, 6.07) is 25.1. The number of nitrogens with one attached hydrogen (secondary N) is 1. The van der Waals surface area contributed by atoms with Gasteiger partial charge >= 0.3 is 0 Å². The summed E-state index contributed by atoms with van der Waals surface area (Å²) in [6.45, 7) is 1.54. The highest BCUT2D eigenvalue weighted by Crippen LogP contribution is 2.22. The van der Waals surface area contributed by atoms with Crippen molar-refractivity contribution in [3.63, 3.8) is 0 Å². The van der Waals surface area contributed by atoms with Crippen LogP contribution >= 0.6 is 0 Å². The Morgan fingerprint density at radius 2 is 1.55 bits per heavy atom. The number of hydrogen-bond acceptors (Lipinski definition) is 4. The Bertz CT molecular complexity index is 1180. The number of nitrogens with zero attached hydrogens (tertiary/aromatic N) is 2. The van der Waals surface area contributed by atoms with Crippen LogP contribution in [0.1, 0.15) is 24.1 Å². The van der Waals surface area contributed by atoms with E-state index in [9.17, 15) is 13.2 Å². The lowest BCUT2D eigenvalue weighted by molar-refractivity contribution is -0.121. The van der Waals surface area contributed by atoms with Gasteiger partial charge < -0.3 is 5.32 Å². The van der Waals surface area contributed by atoms with Crippen LogP contribution in [0.2, 0.25) is 0 Å². The van der Waals surface area contributed by atoms with E-state index >= 15 is 0 Å². The highest BCUT2D eigenvalue weighted by Gasteiger charge is 2.23. The third-order valence-electron chi connectivity index (χ3n) is 4.95. The molecule has 0 radical (unpaired) electrons. The normalized spacial score (nSPS) is 12.2. The van der Waals surface area contributed by atoms with E-state index in [1.165, 1.54) is 31.3 Å². The number of carbonyl (C=O) groups is 1. The fraction of sp³-hybridized carbons (Fsp3) is 0.167. The summed E-state index contributed by atoms with van der Waals surface area (Å²) in [7, 11) is -2.48. The molecule has 1 atom stereocenters. The van der Waals surface area contributed by atoms with Crippen molar-refractivity contribution in [1.29, 1.82) is 5.26 Å². The molecule has 6 nitrogen and oxygen atoms in total. The van der Waals surface area contributed by atoms with E-state index in [1.807, 2.05) is 67.6 Å². The van der Waals surface area contributed by atoms with Crippen LogP contribution in [0.3, 0.4) is 0 Å². The lowest BCUT2D eigenvalue weighted by Gasteiger charge is -2.19. The zero-order valence-corrected chi connectivity index (χ0v) is 18.1. The van der Waals surface area contributed by atoms with E-state index in [1.54, 1.807) is 0 Å². The summed E-state index contributed by atoms with van der Waals surface area (Å²) in [5.41, 5.74) is 3.48. The second kappa shape index (κ2) is 9.56. The van der Waals surface area contributed by atoms with Crippen LogP contribution in [0.25, 0.3) is 11.1 Å². The molecule has 31 heavy (non-hydrogen) atoms. The predicted molar refractivity (Wildman–Crippen MR) is 119 cm³/mol. The summed E-state index contributed by atoms with van der Waals surface area (Å²) in [5.74, 6) is -0.403. The van der Waals surface area contributed by atoms with Gasteiger partial charge in [0.2, 0.25) is 15.9 Å². The molecule has 0 fully saturated rings. The fourth-order valence-electron chi connectivity index (χ4n) is 3.13. The largest absolute Gasteiger partial charge is 0.348 e. The molecular formula is C24H23N3O3S. The molecule has 3 rings (SSSR count). The van der Waals surface area contributed by atoms with Crippen molar-refractivity contribution in [2.24, 2.45) is 0 Å². The number of likely N-dealkylation sites (N-methyl/N-ethyl adjacent to an activating group) is 1. The molecule has 0 aliphatic rings. The van der Waals surface area contributed by atoms with Gasteiger partial charge in [0.1, 0.15) is 0 Å². The standard InChI is InChI=1S/C24H23N3O3S/c1-18(20-10-12-22(13-11-20)21-6-4-3-5-7-21)26-24(28)17-27(2)31(29,30)23-14-8-19(16-25)9-15-23/h3-15,18H,17H2,1-2H3,(H,26,28). The van der Waals surface area contributed by atoms with Crippen molar-refractivity contribution in [1.82, 2.24) is 9.62 Å². The number of amides is 1. The van der Waals surface area contributed by atoms with E-state index < -0.39 is 15.9 Å². The SMILES string of the molecule is CC(NC(=O)CN(C)S(=O)(=O)c1ccc(C#N)cc1)c1ccc(-c2ccccc2)cc1. The van der Waals surface area contributed by atoms with E-state index in [0.29, 0.717) is 5.56 Å². The van der Waals surface area contributed by atoms with E-state index in [4.69, 9.17) is 5.26 Å². The molecule has 0 heterocycles. The van der Waals surface area contributed by atoms with Gasteiger partial charge in [-0.1, -0.05) is 54.6 Å². The second-order valence-corrected chi connectivity index (χ2v) is 9.22. The van der Waals surface area contributed by atoms with Gasteiger partial charge in [0.25, 0.3) is 0 Å². The van der Waals surface area contributed by atoms with Crippen molar-refractivity contribution in [2.75, 3.05) is 13.6 Å². The van der Waals surface area contributed by atoms with Crippen LogP contribution in [0, 0.1) is 11.3 Å². The van der Waals surface area contributed by atoms with Crippen LogP contribution in [0.4, 0.5) is 0 Å². The maximum Gasteiger partial charge on any atom is 0.243 e. The van der Waals surface area contributed by atoms with E-state index in [0.717, 1.165) is 21.0 Å². The fourth-order valence-corrected chi connectivity index (χ4v) is 4.26. The Morgan fingerprint density at radius 3 is 2.13 bits per heavy atom. The maximum atomic E-state index is 12.7. The van der Waals surface area contributed by atoms with Gasteiger partial charge in [-0.2, -0.15) is 9.57 Å². The topological polar surface area (TPSA) is 90.3 Å². The number of hydrogen-bond donors (Lipinski definition) is 1. The minimum absolute atomic E-state index is 0.0337. The van der Waals surface area contributed by atoms with Gasteiger partial charge in [-0.15, -0.1) is 0 Å². The van der Waals surface area contributed by atoms with Crippen molar-refractivity contribution in [2.45, 2.75) is 17.9 Å². The minimum Gasteiger partial charge on any atom is -0.348 e. The number of nitriles is 1. The third-order valence-corrected chi connectivity index (χ3v) is 6.77. The van der Waals surface area contributed by atoms with Gasteiger partial charge in [-0.25, -0.2) is 8.42 Å². The van der Waals surface area contributed by atoms with Gasteiger partial charge in [0.15, 0.2) is 0 Å². The number of benzene rings is 3. The number of rotatable bonds is 7. The quantitative estimate of drug-likeness (QED) is 0.615. The molecule has 1 N–H and O–H groups in total. The molecule has 3 aromatic carbocycles. The molecule has 0 aromatic heterocycles. The molecule has 0 spiro atoms. The average Bonchev–Trinajstić information content (AvgIpc) is 2.79. The summed E-state index contributed by atoms with van der Waals surface area (Å²) in [5, 5.41) is 11.7. The lowest BCUT2D eigenvalue weighted by atomic mass is 10.0. The summed E-state index contributed by atoms with van der Waals surface area (Å²) in [6.07, 6.45) is 0. The first-order valence-electron chi connectivity index (χ1n) is 9.72. The monoisotopic (exact) mass is 433 g/mol. The minimum atomic E-state index is -3.83. The molecule has 158 valence electrons. The first-order chi connectivity index (χ1) is 14.8. The van der Waals surface area contributed by atoms with Crippen molar-refractivity contribution in [3.8, 4) is 17.2 Å². The summed E-state index contributed by atoms with van der Waals surface area (Å²) >= 11 is 0. The Balaban J connectivity index is 1.62. The van der Waals surface area contributed by atoms with E-state index in [2.05, 4.69) is 5.32 Å².